The monoisotopic (exact) mass is 194 g/mol. The van der Waals surface area contributed by atoms with Crippen LogP contribution in [-0.2, 0) is 4.74 Å². The molecule has 0 amide bonds. The van der Waals surface area contributed by atoms with Gasteiger partial charge >= 0.3 is 0 Å². The van der Waals surface area contributed by atoms with Crippen LogP contribution < -0.4 is 10.6 Å². The second-order valence-electron chi connectivity index (χ2n) is 3.55. The van der Waals surface area contributed by atoms with E-state index in [1.165, 1.54) is 5.69 Å². The van der Waals surface area contributed by atoms with Gasteiger partial charge in [0.25, 0.3) is 0 Å². The Morgan fingerprint density at radius 1 is 1.29 bits per heavy atom. The number of methoxy groups -OCH3 is 1. The van der Waals surface area contributed by atoms with Crippen molar-refractivity contribution in [2.24, 2.45) is 5.73 Å². The number of benzene rings is 1. The first-order valence-corrected chi connectivity index (χ1v) is 4.67. The Morgan fingerprint density at radius 3 is 2.29 bits per heavy atom. The van der Waals surface area contributed by atoms with Gasteiger partial charge in [-0.2, -0.15) is 0 Å². The number of nitrogens with zero attached hydrogens (tertiary/aromatic N) is 1. The van der Waals surface area contributed by atoms with E-state index in [9.17, 15) is 0 Å². The number of nitrogens with two attached hydrogens (primary N) is 1. The molecule has 0 aromatic heterocycles. The molecule has 1 atom stereocenters. The molecule has 0 heterocycles. The summed E-state index contributed by atoms with van der Waals surface area (Å²) in [7, 11) is 5.70. The zero-order valence-electron chi connectivity index (χ0n) is 9.03. The standard InChI is InChI=1S/C11H18N2O/c1-13(2)10-6-4-9(5-7-10)11(12)8-14-3/h4-7,11H,8,12H2,1-3H3/t11-/m1/s1. The molecular formula is C11H18N2O. The summed E-state index contributed by atoms with van der Waals surface area (Å²) in [5.74, 6) is 0. The van der Waals surface area contributed by atoms with E-state index in [1.54, 1.807) is 7.11 Å². The number of hydrogen-bond acceptors (Lipinski definition) is 3. The van der Waals surface area contributed by atoms with Crippen molar-refractivity contribution in [1.29, 1.82) is 0 Å². The van der Waals surface area contributed by atoms with E-state index in [-0.39, 0.29) is 6.04 Å². The Balaban J connectivity index is 2.72. The van der Waals surface area contributed by atoms with E-state index in [1.807, 2.05) is 26.2 Å². The Bertz CT molecular complexity index is 269. The summed E-state index contributed by atoms with van der Waals surface area (Å²) in [4.78, 5) is 2.06. The number of anilines is 1. The quantitative estimate of drug-likeness (QED) is 0.787. The molecule has 0 aliphatic carbocycles. The average Bonchev–Trinajstić information content (AvgIpc) is 2.18. The van der Waals surface area contributed by atoms with Crippen molar-refractivity contribution in [2.45, 2.75) is 6.04 Å². The van der Waals surface area contributed by atoms with E-state index < -0.39 is 0 Å². The lowest BCUT2D eigenvalue weighted by atomic mass is 10.1. The van der Waals surface area contributed by atoms with Crippen LogP contribution in [0.15, 0.2) is 24.3 Å². The third-order valence-corrected chi connectivity index (χ3v) is 2.18. The number of rotatable bonds is 4. The highest BCUT2D eigenvalue weighted by Gasteiger charge is 2.04. The first-order chi connectivity index (χ1) is 6.65. The molecule has 14 heavy (non-hydrogen) atoms. The van der Waals surface area contributed by atoms with Crippen molar-refractivity contribution in [2.75, 3.05) is 32.7 Å². The first-order valence-electron chi connectivity index (χ1n) is 4.67. The van der Waals surface area contributed by atoms with Gasteiger partial charge in [-0.25, -0.2) is 0 Å². The van der Waals surface area contributed by atoms with Gasteiger partial charge in [-0.15, -0.1) is 0 Å². The van der Waals surface area contributed by atoms with Crippen LogP contribution in [0.1, 0.15) is 11.6 Å². The molecule has 78 valence electrons. The normalized spacial score (nSPS) is 12.6. The Morgan fingerprint density at radius 2 is 1.86 bits per heavy atom. The molecule has 0 spiro atoms. The van der Waals surface area contributed by atoms with Gasteiger partial charge in [0.2, 0.25) is 0 Å². The van der Waals surface area contributed by atoms with Crippen LogP contribution in [0.25, 0.3) is 0 Å². The summed E-state index contributed by atoms with van der Waals surface area (Å²) in [5, 5.41) is 0. The van der Waals surface area contributed by atoms with Crippen LogP contribution in [0.5, 0.6) is 0 Å². The van der Waals surface area contributed by atoms with Crippen LogP contribution in [-0.4, -0.2) is 27.8 Å². The lowest BCUT2D eigenvalue weighted by molar-refractivity contribution is 0.181. The van der Waals surface area contributed by atoms with Crippen molar-refractivity contribution in [3.05, 3.63) is 29.8 Å². The molecule has 0 aliphatic heterocycles. The second kappa shape index (κ2) is 4.98. The SMILES string of the molecule is COC[C@@H](N)c1ccc(N(C)C)cc1. The van der Waals surface area contributed by atoms with Gasteiger partial charge in [0.1, 0.15) is 0 Å². The van der Waals surface area contributed by atoms with E-state index in [4.69, 9.17) is 10.5 Å². The zero-order valence-corrected chi connectivity index (χ0v) is 9.03. The summed E-state index contributed by atoms with van der Waals surface area (Å²) >= 11 is 0. The molecule has 1 aromatic rings. The van der Waals surface area contributed by atoms with Crippen molar-refractivity contribution in [3.63, 3.8) is 0 Å². The van der Waals surface area contributed by atoms with Gasteiger partial charge in [0, 0.05) is 26.9 Å². The van der Waals surface area contributed by atoms with Crippen molar-refractivity contribution < 1.29 is 4.74 Å². The minimum Gasteiger partial charge on any atom is -0.383 e. The molecule has 0 saturated carbocycles. The van der Waals surface area contributed by atoms with Gasteiger partial charge in [-0.1, -0.05) is 12.1 Å². The molecule has 0 radical (unpaired) electrons. The Hall–Kier alpha value is -1.06. The predicted molar refractivity (Wildman–Crippen MR) is 59.6 cm³/mol. The van der Waals surface area contributed by atoms with Crippen LogP contribution in [0.4, 0.5) is 5.69 Å². The van der Waals surface area contributed by atoms with Crippen LogP contribution in [0, 0.1) is 0 Å². The highest BCUT2D eigenvalue weighted by atomic mass is 16.5. The predicted octanol–water partition coefficient (Wildman–Crippen LogP) is 1.40. The highest BCUT2D eigenvalue weighted by molar-refractivity contribution is 5.46. The largest absolute Gasteiger partial charge is 0.383 e. The lowest BCUT2D eigenvalue weighted by Gasteiger charge is -2.15. The fourth-order valence-electron chi connectivity index (χ4n) is 1.30. The van der Waals surface area contributed by atoms with Gasteiger partial charge in [-0.05, 0) is 17.7 Å². The lowest BCUT2D eigenvalue weighted by Crippen LogP contribution is -2.16. The second-order valence-corrected chi connectivity index (χ2v) is 3.55. The van der Waals surface area contributed by atoms with Crippen LogP contribution in [0.2, 0.25) is 0 Å². The molecule has 0 unspecified atom stereocenters. The molecule has 0 saturated heterocycles. The van der Waals surface area contributed by atoms with Crippen molar-refractivity contribution in [3.8, 4) is 0 Å². The van der Waals surface area contributed by atoms with Crippen molar-refractivity contribution >= 4 is 5.69 Å². The van der Waals surface area contributed by atoms with E-state index in [0.29, 0.717) is 6.61 Å². The summed E-state index contributed by atoms with van der Waals surface area (Å²) in [6.45, 7) is 0.557. The first kappa shape index (κ1) is 11.0. The molecule has 0 aliphatic rings. The average molecular weight is 194 g/mol. The molecule has 3 heteroatoms. The summed E-state index contributed by atoms with van der Waals surface area (Å²) in [5.41, 5.74) is 8.18. The van der Waals surface area contributed by atoms with Gasteiger partial charge in [0.05, 0.1) is 12.6 Å². The van der Waals surface area contributed by atoms with Gasteiger partial charge < -0.3 is 15.4 Å². The third-order valence-electron chi connectivity index (χ3n) is 2.18. The van der Waals surface area contributed by atoms with E-state index in [0.717, 1.165) is 5.56 Å². The summed E-state index contributed by atoms with van der Waals surface area (Å²) in [6.07, 6.45) is 0. The molecular weight excluding hydrogens is 176 g/mol. The molecule has 1 rings (SSSR count). The molecule has 3 nitrogen and oxygen atoms in total. The van der Waals surface area contributed by atoms with E-state index >= 15 is 0 Å². The zero-order chi connectivity index (χ0) is 10.6. The minimum atomic E-state index is -0.0313. The Labute approximate surface area is 85.5 Å². The minimum absolute atomic E-state index is 0.0313. The highest BCUT2D eigenvalue weighted by Crippen LogP contribution is 2.16. The molecule has 0 bridgehead atoms. The maximum atomic E-state index is 5.89. The molecule has 0 fully saturated rings. The fraction of sp³-hybridized carbons (Fsp3) is 0.455. The summed E-state index contributed by atoms with van der Waals surface area (Å²) < 4.78 is 5.00. The van der Waals surface area contributed by atoms with E-state index in [2.05, 4.69) is 17.0 Å². The summed E-state index contributed by atoms with van der Waals surface area (Å²) in [6, 6.07) is 8.17. The van der Waals surface area contributed by atoms with Gasteiger partial charge in [-0.3, -0.25) is 0 Å². The van der Waals surface area contributed by atoms with Crippen LogP contribution >= 0.6 is 0 Å². The molecule has 1 aromatic carbocycles. The maximum Gasteiger partial charge on any atom is 0.0655 e. The maximum absolute atomic E-state index is 5.89. The number of hydrogen-bond donors (Lipinski definition) is 1. The Kier molecular flexibility index (Phi) is 3.92. The third kappa shape index (κ3) is 2.72. The smallest absolute Gasteiger partial charge is 0.0655 e. The van der Waals surface area contributed by atoms with Gasteiger partial charge in [0.15, 0.2) is 0 Å². The number of ether oxygens (including phenoxy) is 1. The van der Waals surface area contributed by atoms with Crippen molar-refractivity contribution in [1.82, 2.24) is 0 Å². The molecule has 2 N–H and O–H groups in total. The van der Waals surface area contributed by atoms with Crippen LogP contribution in [0.3, 0.4) is 0 Å². The fourth-order valence-corrected chi connectivity index (χ4v) is 1.30. The topological polar surface area (TPSA) is 38.5 Å².